The second-order valence-electron chi connectivity index (χ2n) is 8.91. The molecule has 188 valence electrons. The van der Waals surface area contributed by atoms with Crippen LogP contribution in [0, 0.1) is 0 Å². The number of nitrogens with one attached hydrogen (secondary N) is 1. The van der Waals surface area contributed by atoms with Gasteiger partial charge >= 0.3 is 0 Å². The Hall–Kier alpha value is -4.62. The first kappa shape index (κ1) is 23.8. The number of anilines is 1. The number of hydrogen-bond donors (Lipinski definition) is 1. The van der Waals surface area contributed by atoms with Crippen molar-refractivity contribution in [2.75, 3.05) is 12.0 Å². The SMILES string of the molecule is COc1cccc(-n2cccc2[C@@H]2[C@H](c3ccccn3)NC(=S)N2c2ccc(Oc3ccccc3)cc2)c1. The number of rotatable bonds is 7. The molecule has 0 bridgehead atoms. The number of thiocarbonyl (C=S) groups is 1. The third-order valence-corrected chi connectivity index (χ3v) is 6.92. The van der Waals surface area contributed by atoms with Crippen molar-refractivity contribution in [3.8, 4) is 22.9 Å². The van der Waals surface area contributed by atoms with Crippen LogP contribution < -0.4 is 19.7 Å². The Morgan fingerprint density at radius 3 is 2.29 bits per heavy atom. The van der Waals surface area contributed by atoms with Gasteiger partial charge in [-0.25, -0.2) is 0 Å². The minimum atomic E-state index is -0.153. The van der Waals surface area contributed by atoms with E-state index in [9.17, 15) is 0 Å². The van der Waals surface area contributed by atoms with E-state index < -0.39 is 0 Å². The normalized spacial score (nSPS) is 16.8. The average Bonchev–Trinajstić information content (AvgIpc) is 3.59. The molecule has 0 spiro atoms. The molecule has 3 heterocycles. The molecule has 6 rings (SSSR count). The summed E-state index contributed by atoms with van der Waals surface area (Å²) in [4.78, 5) is 6.84. The van der Waals surface area contributed by atoms with Gasteiger partial charge in [0.1, 0.15) is 23.3 Å². The summed E-state index contributed by atoms with van der Waals surface area (Å²) in [5.74, 6) is 2.35. The van der Waals surface area contributed by atoms with E-state index in [4.69, 9.17) is 21.7 Å². The fourth-order valence-corrected chi connectivity index (χ4v) is 5.21. The number of methoxy groups -OCH3 is 1. The number of aromatic nitrogens is 2. The largest absolute Gasteiger partial charge is 0.497 e. The zero-order chi connectivity index (χ0) is 25.9. The van der Waals surface area contributed by atoms with Crippen molar-refractivity contribution in [2.24, 2.45) is 0 Å². The summed E-state index contributed by atoms with van der Waals surface area (Å²) in [7, 11) is 1.68. The molecule has 1 saturated heterocycles. The van der Waals surface area contributed by atoms with Crippen LogP contribution in [-0.4, -0.2) is 21.8 Å². The van der Waals surface area contributed by atoms with Crippen LogP contribution in [0.2, 0.25) is 0 Å². The first-order valence-electron chi connectivity index (χ1n) is 12.4. The molecule has 7 heteroatoms. The summed E-state index contributed by atoms with van der Waals surface area (Å²) in [6, 6.07) is 35.7. The molecule has 1 aliphatic heterocycles. The Labute approximate surface area is 227 Å². The van der Waals surface area contributed by atoms with Gasteiger partial charge in [0, 0.05) is 35.5 Å². The van der Waals surface area contributed by atoms with E-state index in [1.165, 1.54) is 0 Å². The van der Waals surface area contributed by atoms with Crippen molar-refractivity contribution in [3.63, 3.8) is 0 Å². The highest BCUT2D eigenvalue weighted by Gasteiger charge is 2.42. The fourth-order valence-electron chi connectivity index (χ4n) is 4.86. The van der Waals surface area contributed by atoms with Crippen LogP contribution in [-0.2, 0) is 0 Å². The first-order valence-corrected chi connectivity index (χ1v) is 12.8. The third kappa shape index (κ3) is 4.60. The third-order valence-electron chi connectivity index (χ3n) is 6.61. The van der Waals surface area contributed by atoms with Crippen LogP contribution in [0.25, 0.3) is 5.69 Å². The van der Waals surface area contributed by atoms with Crippen molar-refractivity contribution in [1.82, 2.24) is 14.9 Å². The Balaban J connectivity index is 1.40. The molecular formula is C31H26N4O2S. The predicted molar refractivity (Wildman–Crippen MR) is 153 cm³/mol. The summed E-state index contributed by atoms with van der Waals surface area (Å²) in [6.45, 7) is 0. The molecule has 0 saturated carbocycles. The van der Waals surface area contributed by atoms with Crippen LogP contribution in [0.15, 0.2) is 122 Å². The number of hydrogen-bond acceptors (Lipinski definition) is 4. The summed E-state index contributed by atoms with van der Waals surface area (Å²) < 4.78 is 13.7. The van der Waals surface area contributed by atoms with Gasteiger partial charge in [0.2, 0.25) is 0 Å². The lowest BCUT2D eigenvalue weighted by Gasteiger charge is -2.29. The molecule has 3 aromatic carbocycles. The Bertz CT molecular complexity index is 1540. The molecule has 38 heavy (non-hydrogen) atoms. The molecule has 6 nitrogen and oxygen atoms in total. The van der Waals surface area contributed by atoms with Gasteiger partial charge in [-0.05, 0) is 85.0 Å². The maximum atomic E-state index is 6.02. The summed E-state index contributed by atoms with van der Waals surface area (Å²) in [6.07, 6.45) is 3.88. The molecule has 0 aliphatic carbocycles. The number of ether oxygens (including phenoxy) is 2. The van der Waals surface area contributed by atoms with Gasteiger partial charge in [-0.1, -0.05) is 30.3 Å². The van der Waals surface area contributed by atoms with E-state index in [1.54, 1.807) is 7.11 Å². The highest BCUT2D eigenvalue weighted by Crippen LogP contribution is 2.42. The minimum Gasteiger partial charge on any atom is -0.497 e. The van der Waals surface area contributed by atoms with E-state index in [0.717, 1.165) is 40.0 Å². The van der Waals surface area contributed by atoms with Gasteiger partial charge in [-0.2, -0.15) is 0 Å². The second-order valence-corrected chi connectivity index (χ2v) is 9.30. The number of para-hydroxylation sites is 1. The van der Waals surface area contributed by atoms with Crippen molar-refractivity contribution >= 4 is 23.0 Å². The minimum absolute atomic E-state index is 0.150. The highest BCUT2D eigenvalue weighted by atomic mass is 32.1. The topological polar surface area (TPSA) is 51.5 Å². The van der Waals surface area contributed by atoms with Gasteiger partial charge in [-0.15, -0.1) is 0 Å². The molecule has 0 unspecified atom stereocenters. The van der Waals surface area contributed by atoms with Gasteiger partial charge in [0.15, 0.2) is 5.11 Å². The summed E-state index contributed by atoms with van der Waals surface area (Å²) in [5.41, 5.74) is 3.97. The summed E-state index contributed by atoms with van der Waals surface area (Å²) >= 11 is 5.91. The molecule has 5 aromatic rings. The molecule has 2 aromatic heterocycles. The first-order chi connectivity index (χ1) is 18.7. The average molecular weight is 519 g/mol. The number of benzene rings is 3. The lowest BCUT2D eigenvalue weighted by atomic mass is 10.0. The quantitative estimate of drug-likeness (QED) is 0.238. The fraction of sp³-hybridized carbons (Fsp3) is 0.0968. The zero-order valence-electron chi connectivity index (χ0n) is 20.8. The predicted octanol–water partition coefficient (Wildman–Crippen LogP) is 6.85. The van der Waals surface area contributed by atoms with Crippen molar-refractivity contribution in [1.29, 1.82) is 0 Å². The van der Waals surface area contributed by atoms with Crippen LogP contribution in [0.3, 0.4) is 0 Å². The van der Waals surface area contributed by atoms with E-state index in [0.29, 0.717) is 5.11 Å². The van der Waals surface area contributed by atoms with E-state index in [1.807, 2.05) is 97.2 Å². The number of nitrogens with zero attached hydrogens (tertiary/aromatic N) is 3. The molecule has 2 atom stereocenters. The van der Waals surface area contributed by atoms with E-state index in [-0.39, 0.29) is 12.1 Å². The van der Waals surface area contributed by atoms with Crippen molar-refractivity contribution in [2.45, 2.75) is 12.1 Å². The van der Waals surface area contributed by atoms with Crippen LogP contribution in [0.4, 0.5) is 5.69 Å². The molecule has 0 radical (unpaired) electrons. The van der Waals surface area contributed by atoms with Gasteiger partial charge in [0.05, 0.1) is 18.8 Å². The lowest BCUT2D eigenvalue weighted by molar-refractivity contribution is 0.414. The van der Waals surface area contributed by atoms with Crippen molar-refractivity contribution < 1.29 is 9.47 Å². The van der Waals surface area contributed by atoms with Gasteiger partial charge in [-0.3, -0.25) is 4.98 Å². The maximum Gasteiger partial charge on any atom is 0.174 e. The van der Waals surface area contributed by atoms with Gasteiger partial charge < -0.3 is 24.3 Å². The molecule has 1 aliphatic rings. The Kier molecular flexibility index (Phi) is 6.50. The Morgan fingerprint density at radius 1 is 0.763 bits per heavy atom. The monoisotopic (exact) mass is 518 g/mol. The maximum absolute atomic E-state index is 6.02. The van der Waals surface area contributed by atoms with E-state index >= 15 is 0 Å². The molecule has 1 fully saturated rings. The standard InChI is InChI=1S/C31H26N4O2S/c1-36-26-12-7-9-23(21-26)34-20-8-14-28(34)30-29(27-13-5-6-19-32-27)33-31(38)35(30)22-15-17-25(18-16-22)37-24-10-3-2-4-11-24/h2-21,29-30H,1H3,(H,33,38)/t29-,30+/m0/s1. The smallest absolute Gasteiger partial charge is 0.174 e. The molecule has 1 N–H and O–H groups in total. The van der Waals surface area contributed by atoms with Crippen LogP contribution in [0.5, 0.6) is 17.2 Å². The van der Waals surface area contributed by atoms with Crippen LogP contribution in [0.1, 0.15) is 23.5 Å². The summed E-state index contributed by atoms with van der Waals surface area (Å²) in [5, 5.41) is 4.18. The zero-order valence-corrected chi connectivity index (χ0v) is 21.6. The van der Waals surface area contributed by atoms with Gasteiger partial charge in [0.25, 0.3) is 0 Å². The van der Waals surface area contributed by atoms with Crippen molar-refractivity contribution in [3.05, 3.63) is 133 Å². The number of pyridine rings is 1. The molecule has 0 amide bonds. The molecular weight excluding hydrogens is 492 g/mol. The Morgan fingerprint density at radius 2 is 1.53 bits per heavy atom. The van der Waals surface area contributed by atoms with Crippen LogP contribution >= 0.6 is 12.2 Å². The lowest BCUT2D eigenvalue weighted by Crippen LogP contribution is -2.30. The van der Waals surface area contributed by atoms with E-state index in [2.05, 4.69) is 44.2 Å². The second kappa shape index (κ2) is 10.4. The highest BCUT2D eigenvalue weighted by molar-refractivity contribution is 7.80.